The Bertz CT molecular complexity index is 1740. The van der Waals surface area contributed by atoms with Gasteiger partial charge in [0.25, 0.3) is 5.56 Å². The summed E-state index contributed by atoms with van der Waals surface area (Å²) in [5.41, 5.74) is 5.60. The lowest BCUT2D eigenvalue weighted by molar-refractivity contribution is 0.0603. The molecule has 0 radical (unpaired) electrons. The number of benzene rings is 1. The summed E-state index contributed by atoms with van der Waals surface area (Å²) in [6.45, 7) is 6.63. The molecule has 1 aromatic carbocycles. The van der Waals surface area contributed by atoms with E-state index >= 15 is 0 Å². The molecule has 1 aliphatic heterocycles. The van der Waals surface area contributed by atoms with Crippen LogP contribution in [0, 0.1) is 19.3 Å². The minimum absolute atomic E-state index is 0.0656. The maximum Gasteiger partial charge on any atom is 0.340 e. The normalized spacial score (nSPS) is 16.5. The highest BCUT2D eigenvalue weighted by molar-refractivity contribution is 7.18. The van der Waals surface area contributed by atoms with Crippen molar-refractivity contribution in [2.45, 2.75) is 52.5 Å². The van der Waals surface area contributed by atoms with Gasteiger partial charge in [-0.25, -0.2) is 9.78 Å². The van der Waals surface area contributed by atoms with Gasteiger partial charge in [-0.15, -0.1) is 11.3 Å². The summed E-state index contributed by atoms with van der Waals surface area (Å²) >= 11 is 7.88. The number of ether oxygens (including phenoxy) is 2. The maximum atomic E-state index is 13.8. The molecule has 0 atom stereocenters. The Kier molecular flexibility index (Phi) is 7.85. The fraction of sp³-hybridized carbons (Fsp3) is 0.438. The SMILES string of the molecule is COC(=O)c1csc2c(-c3cc(Cl)ccc3OCCn3c(C)nc4c(c3=O)CC3(CC4)CCN(C)CC3)cc(C)nc12. The van der Waals surface area contributed by atoms with Crippen LogP contribution in [-0.4, -0.2) is 59.3 Å². The molecule has 8 nitrogen and oxygen atoms in total. The van der Waals surface area contributed by atoms with Crippen LogP contribution < -0.4 is 10.3 Å². The van der Waals surface area contributed by atoms with Gasteiger partial charge in [0.1, 0.15) is 18.2 Å². The second kappa shape index (κ2) is 11.4. The predicted octanol–water partition coefficient (Wildman–Crippen LogP) is 5.86. The zero-order valence-electron chi connectivity index (χ0n) is 24.5. The van der Waals surface area contributed by atoms with Crippen molar-refractivity contribution in [1.82, 2.24) is 19.4 Å². The highest BCUT2D eigenvalue weighted by atomic mass is 35.5. The van der Waals surface area contributed by atoms with Gasteiger partial charge in [0.2, 0.25) is 0 Å². The van der Waals surface area contributed by atoms with Crippen LogP contribution in [0.5, 0.6) is 5.75 Å². The quantitative estimate of drug-likeness (QED) is 0.254. The number of esters is 1. The Labute approximate surface area is 254 Å². The van der Waals surface area contributed by atoms with Crippen LogP contribution in [0.1, 0.15) is 52.4 Å². The van der Waals surface area contributed by atoms with Crippen molar-refractivity contribution in [3.05, 3.63) is 73.4 Å². The first-order valence-electron chi connectivity index (χ1n) is 14.4. The van der Waals surface area contributed by atoms with Crippen molar-refractivity contribution < 1.29 is 14.3 Å². The number of methoxy groups -OCH3 is 1. The minimum atomic E-state index is -0.422. The van der Waals surface area contributed by atoms with E-state index in [1.54, 1.807) is 16.0 Å². The molecular formula is C32H35ClN4O4S. The summed E-state index contributed by atoms with van der Waals surface area (Å²) < 4.78 is 13.9. The molecule has 0 unspecified atom stereocenters. The molecule has 1 aliphatic carbocycles. The van der Waals surface area contributed by atoms with E-state index in [0.29, 0.717) is 28.4 Å². The summed E-state index contributed by atoms with van der Waals surface area (Å²) in [5.74, 6) is 0.939. The number of pyridine rings is 1. The van der Waals surface area contributed by atoms with Gasteiger partial charge in [-0.1, -0.05) is 11.6 Å². The van der Waals surface area contributed by atoms with Gasteiger partial charge in [-0.2, -0.15) is 0 Å². The lowest BCUT2D eigenvalue weighted by Gasteiger charge is -2.43. The number of halogens is 1. The Morgan fingerprint density at radius 3 is 2.67 bits per heavy atom. The van der Waals surface area contributed by atoms with E-state index < -0.39 is 5.97 Å². The number of fused-ring (bicyclic) bond motifs is 2. The van der Waals surface area contributed by atoms with E-state index in [1.807, 2.05) is 32.0 Å². The van der Waals surface area contributed by atoms with Crippen LogP contribution in [0.3, 0.4) is 0 Å². The van der Waals surface area contributed by atoms with E-state index in [0.717, 1.165) is 83.8 Å². The Morgan fingerprint density at radius 1 is 1.12 bits per heavy atom. The van der Waals surface area contributed by atoms with Crippen LogP contribution in [0.15, 0.2) is 34.4 Å². The van der Waals surface area contributed by atoms with Crippen molar-refractivity contribution in [2.24, 2.45) is 5.41 Å². The number of carbonyl (C=O) groups excluding carboxylic acids is 1. The molecule has 3 aromatic heterocycles. The molecule has 1 saturated heterocycles. The molecule has 1 fully saturated rings. The topological polar surface area (TPSA) is 86.5 Å². The van der Waals surface area contributed by atoms with Crippen molar-refractivity contribution in [3.8, 4) is 16.9 Å². The van der Waals surface area contributed by atoms with E-state index in [9.17, 15) is 9.59 Å². The molecule has 0 amide bonds. The highest BCUT2D eigenvalue weighted by Crippen LogP contribution is 2.43. The van der Waals surface area contributed by atoms with Gasteiger partial charge in [-0.05, 0) is 95.8 Å². The summed E-state index contributed by atoms with van der Waals surface area (Å²) in [6, 6.07) is 7.47. The second-order valence-corrected chi connectivity index (χ2v) is 13.0. The molecule has 0 N–H and O–H groups in total. The summed E-state index contributed by atoms with van der Waals surface area (Å²) in [4.78, 5) is 38.0. The van der Waals surface area contributed by atoms with Crippen molar-refractivity contribution in [1.29, 1.82) is 0 Å². The number of carbonyl (C=O) groups is 1. The summed E-state index contributed by atoms with van der Waals surface area (Å²) in [5, 5.41) is 2.34. The number of rotatable bonds is 6. The third-order valence-corrected chi connectivity index (χ3v) is 10.1. The van der Waals surface area contributed by atoms with Crippen LogP contribution in [-0.2, 0) is 24.1 Å². The van der Waals surface area contributed by atoms with Gasteiger partial charge < -0.3 is 14.4 Å². The summed E-state index contributed by atoms with van der Waals surface area (Å²) in [7, 11) is 3.54. The van der Waals surface area contributed by atoms with Crippen molar-refractivity contribution in [2.75, 3.05) is 33.9 Å². The average molecular weight is 607 g/mol. The van der Waals surface area contributed by atoms with E-state index in [1.165, 1.54) is 18.4 Å². The molecule has 1 spiro atoms. The van der Waals surface area contributed by atoms with E-state index in [-0.39, 0.29) is 17.6 Å². The fourth-order valence-electron chi connectivity index (χ4n) is 6.45. The molecule has 2 aliphatic rings. The number of hydrogen-bond donors (Lipinski definition) is 0. The first kappa shape index (κ1) is 28.8. The lowest BCUT2D eigenvalue weighted by atomic mass is 9.67. The number of aromatic nitrogens is 3. The zero-order valence-corrected chi connectivity index (χ0v) is 26.0. The Balaban J connectivity index is 1.27. The van der Waals surface area contributed by atoms with Crippen LogP contribution in [0.2, 0.25) is 5.02 Å². The predicted molar refractivity (Wildman–Crippen MR) is 166 cm³/mol. The fourth-order valence-corrected chi connectivity index (χ4v) is 7.63. The zero-order chi connectivity index (χ0) is 29.6. The molecule has 0 bridgehead atoms. The van der Waals surface area contributed by atoms with Gasteiger partial charge in [-0.3, -0.25) is 14.3 Å². The van der Waals surface area contributed by atoms with E-state index in [2.05, 4.69) is 16.9 Å². The van der Waals surface area contributed by atoms with E-state index in [4.69, 9.17) is 26.1 Å². The lowest BCUT2D eigenvalue weighted by Crippen LogP contribution is -2.44. The number of hydrogen-bond acceptors (Lipinski definition) is 8. The molecule has 42 heavy (non-hydrogen) atoms. The number of thiophene rings is 1. The number of nitrogens with zero attached hydrogens (tertiary/aromatic N) is 4. The van der Waals surface area contributed by atoms with Gasteiger partial charge in [0, 0.05) is 32.8 Å². The second-order valence-electron chi connectivity index (χ2n) is 11.6. The van der Waals surface area contributed by atoms with Gasteiger partial charge in [0.15, 0.2) is 0 Å². The highest BCUT2D eigenvalue weighted by Gasteiger charge is 2.38. The average Bonchev–Trinajstić information content (AvgIpc) is 3.40. The number of aryl methyl sites for hydroxylation is 3. The minimum Gasteiger partial charge on any atom is -0.491 e. The van der Waals surface area contributed by atoms with Crippen LogP contribution in [0.25, 0.3) is 21.3 Å². The number of piperidine rings is 1. The first-order chi connectivity index (χ1) is 20.2. The van der Waals surface area contributed by atoms with Crippen LogP contribution >= 0.6 is 22.9 Å². The van der Waals surface area contributed by atoms with Gasteiger partial charge >= 0.3 is 5.97 Å². The smallest absolute Gasteiger partial charge is 0.340 e. The molecule has 6 rings (SSSR count). The first-order valence-corrected chi connectivity index (χ1v) is 15.6. The largest absolute Gasteiger partial charge is 0.491 e. The monoisotopic (exact) mass is 606 g/mol. The molecule has 10 heteroatoms. The molecular weight excluding hydrogens is 572 g/mol. The van der Waals surface area contributed by atoms with Crippen molar-refractivity contribution >= 4 is 39.1 Å². The van der Waals surface area contributed by atoms with Crippen molar-refractivity contribution in [3.63, 3.8) is 0 Å². The number of likely N-dealkylation sites (tertiary alicyclic amines) is 1. The third-order valence-electron chi connectivity index (χ3n) is 8.89. The Morgan fingerprint density at radius 2 is 1.90 bits per heavy atom. The summed E-state index contributed by atoms with van der Waals surface area (Å²) in [6.07, 6.45) is 5.06. The molecule has 4 heterocycles. The molecule has 220 valence electrons. The van der Waals surface area contributed by atoms with Gasteiger partial charge in [0.05, 0.1) is 35.1 Å². The standard InChI is InChI=1S/C32H35ClN4O4S/c1-19-15-23(29-28(34-19)25(18-42-29)31(39)40-4)22-16-21(33)5-6-27(22)41-14-13-37-20(2)35-26-7-8-32(17-24(26)30(37)38)9-11-36(3)12-10-32/h5-6,15-16,18H,7-14,17H2,1-4H3. The third kappa shape index (κ3) is 5.34. The van der Waals surface area contributed by atoms with Crippen LogP contribution in [0.4, 0.5) is 0 Å². The molecule has 0 saturated carbocycles. The Hall–Kier alpha value is -3.27. The maximum absolute atomic E-state index is 13.8. The molecule has 4 aromatic rings.